The monoisotopic (exact) mass is 221 g/mol. The van der Waals surface area contributed by atoms with Gasteiger partial charge in [-0.2, -0.15) is 0 Å². The number of methoxy groups -OCH3 is 1. The van der Waals surface area contributed by atoms with Gasteiger partial charge in [0.2, 0.25) is 0 Å². The lowest BCUT2D eigenvalue weighted by Crippen LogP contribution is -2.00. The van der Waals surface area contributed by atoms with Crippen LogP contribution >= 0.6 is 0 Å². The van der Waals surface area contributed by atoms with Gasteiger partial charge >= 0.3 is 0 Å². The highest BCUT2D eigenvalue weighted by Gasteiger charge is 2.11. The molecule has 1 unspecified atom stereocenters. The first-order chi connectivity index (χ1) is 7.72. The van der Waals surface area contributed by atoms with Gasteiger partial charge in [0.1, 0.15) is 5.75 Å². The summed E-state index contributed by atoms with van der Waals surface area (Å²) >= 11 is 0. The quantitative estimate of drug-likeness (QED) is 0.471. The van der Waals surface area contributed by atoms with Gasteiger partial charge in [-0.1, -0.05) is 11.2 Å². The standard InChI is InChI=1S/C11H15N3O2/c1-8-7-9(16-2)3-4-10(8)11(5-6-15)13-14-12/h3-4,7,11,15H,5-6H2,1-2H3. The average Bonchev–Trinajstić information content (AvgIpc) is 2.29. The van der Waals surface area contributed by atoms with Crippen molar-refractivity contribution in [2.24, 2.45) is 5.11 Å². The van der Waals surface area contributed by atoms with E-state index in [-0.39, 0.29) is 12.6 Å². The third-order valence-corrected chi connectivity index (χ3v) is 2.43. The minimum Gasteiger partial charge on any atom is -0.497 e. The highest BCUT2D eigenvalue weighted by Crippen LogP contribution is 2.27. The van der Waals surface area contributed by atoms with Gasteiger partial charge < -0.3 is 9.84 Å². The summed E-state index contributed by atoms with van der Waals surface area (Å²) in [7, 11) is 1.60. The Morgan fingerprint density at radius 2 is 2.31 bits per heavy atom. The third-order valence-electron chi connectivity index (χ3n) is 2.43. The van der Waals surface area contributed by atoms with Crippen molar-refractivity contribution >= 4 is 0 Å². The summed E-state index contributed by atoms with van der Waals surface area (Å²) < 4.78 is 5.10. The first kappa shape index (κ1) is 12.4. The second-order valence-corrected chi connectivity index (χ2v) is 3.46. The maximum Gasteiger partial charge on any atom is 0.119 e. The molecule has 0 aliphatic rings. The van der Waals surface area contributed by atoms with Gasteiger partial charge in [0.25, 0.3) is 0 Å². The zero-order valence-electron chi connectivity index (χ0n) is 9.42. The van der Waals surface area contributed by atoms with Gasteiger partial charge in [0.15, 0.2) is 0 Å². The van der Waals surface area contributed by atoms with Gasteiger partial charge in [-0.05, 0) is 42.1 Å². The van der Waals surface area contributed by atoms with Crippen molar-refractivity contribution in [3.8, 4) is 5.75 Å². The normalized spacial score (nSPS) is 11.7. The van der Waals surface area contributed by atoms with Crippen molar-refractivity contribution in [1.82, 2.24) is 0 Å². The Balaban J connectivity index is 3.04. The van der Waals surface area contributed by atoms with Crippen LogP contribution in [0, 0.1) is 6.92 Å². The van der Waals surface area contributed by atoms with E-state index in [0.717, 1.165) is 16.9 Å². The van der Waals surface area contributed by atoms with Gasteiger partial charge in [-0.25, -0.2) is 0 Å². The molecule has 0 spiro atoms. The highest BCUT2D eigenvalue weighted by atomic mass is 16.5. The summed E-state index contributed by atoms with van der Waals surface area (Å²) in [5.74, 6) is 0.768. The molecule has 0 saturated carbocycles. The van der Waals surface area contributed by atoms with Crippen LogP contribution in [0.1, 0.15) is 23.6 Å². The van der Waals surface area contributed by atoms with Crippen LogP contribution in [0.25, 0.3) is 10.4 Å². The summed E-state index contributed by atoms with van der Waals surface area (Å²) in [5, 5.41) is 12.6. The molecule has 0 aliphatic carbocycles. The Bertz CT molecular complexity index is 400. The molecule has 1 aromatic carbocycles. The fraction of sp³-hybridized carbons (Fsp3) is 0.455. The van der Waals surface area contributed by atoms with Crippen LogP contribution in [-0.2, 0) is 0 Å². The van der Waals surface area contributed by atoms with Crippen LogP contribution in [0.3, 0.4) is 0 Å². The van der Waals surface area contributed by atoms with Crippen molar-refractivity contribution in [3.63, 3.8) is 0 Å². The molecule has 0 radical (unpaired) electrons. The number of aryl methyl sites for hydroxylation is 1. The van der Waals surface area contributed by atoms with Crippen LogP contribution in [-0.4, -0.2) is 18.8 Å². The Morgan fingerprint density at radius 3 is 2.81 bits per heavy atom. The predicted molar refractivity (Wildman–Crippen MR) is 61.3 cm³/mol. The first-order valence-corrected chi connectivity index (χ1v) is 5.02. The number of rotatable bonds is 5. The van der Waals surface area contributed by atoms with E-state index in [2.05, 4.69) is 10.0 Å². The van der Waals surface area contributed by atoms with Crippen LogP contribution in [0.2, 0.25) is 0 Å². The van der Waals surface area contributed by atoms with Crippen molar-refractivity contribution in [3.05, 3.63) is 39.8 Å². The maximum atomic E-state index is 8.91. The van der Waals surface area contributed by atoms with E-state index >= 15 is 0 Å². The van der Waals surface area contributed by atoms with Crippen molar-refractivity contribution in [2.45, 2.75) is 19.4 Å². The number of aliphatic hydroxyl groups is 1. The minimum atomic E-state index is -0.319. The molecule has 0 aromatic heterocycles. The smallest absolute Gasteiger partial charge is 0.119 e. The Morgan fingerprint density at radius 1 is 1.56 bits per heavy atom. The van der Waals surface area contributed by atoms with Crippen molar-refractivity contribution in [2.75, 3.05) is 13.7 Å². The van der Waals surface area contributed by atoms with Crippen LogP contribution in [0.5, 0.6) is 5.75 Å². The lowest BCUT2D eigenvalue weighted by Gasteiger charge is -2.13. The van der Waals surface area contributed by atoms with E-state index in [1.807, 2.05) is 25.1 Å². The number of aliphatic hydroxyl groups excluding tert-OH is 1. The molecule has 16 heavy (non-hydrogen) atoms. The summed E-state index contributed by atoms with van der Waals surface area (Å²) in [5.41, 5.74) is 10.4. The molecule has 0 saturated heterocycles. The molecular weight excluding hydrogens is 206 g/mol. The lowest BCUT2D eigenvalue weighted by atomic mass is 9.99. The van der Waals surface area contributed by atoms with Crippen molar-refractivity contribution in [1.29, 1.82) is 0 Å². The summed E-state index contributed by atoms with van der Waals surface area (Å²) in [6.07, 6.45) is 0.428. The highest BCUT2D eigenvalue weighted by molar-refractivity contribution is 5.36. The van der Waals surface area contributed by atoms with E-state index in [4.69, 9.17) is 15.4 Å². The van der Waals surface area contributed by atoms with E-state index in [1.165, 1.54) is 0 Å². The third kappa shape index (κ3) is 2.89. The largest absolute Gasteiger partial charge is 0.497 e. The Hall–Kier alpha value is -1.71. The number of nitrogens with zero attached hydrogens (tertiary/aromatic N) is 3. The van der Waals surface area contributed by atoms with E-state index in [0.29, 0.717) is 6.42 Å². The van der Waals surface area contributed by atoms with Gasteiger partial charge in [-0.3, -0.25) is 0 Å². The number of azide groups is 1. The lowest BCUT2D eigenvalue weighted by molar-refractivity contribution is 0.276. The second-order valence-electron chi connectivity index (χ2n) is 3.46. The van der Waals surface area contributed by atoms with E-state index in [1.54, 1.807) is 7.11 Å². The fourth-order valence-electron chi connectivity index (χ4n) is 1.61. The van der Waals surface area contributed by atoms with Gasteiger partial charge in [0, 0.05) is 11.5 Å². The molecule has 0 heterocycles. The fourth-order valence-corrected chi connectivity index (χ4v) is 1.61. The summed E-state index contributed by atoms with van der Waals surface area (Å²) in [4.78, 5) is 2.80. The molecule has 0 aliphatic heterocycles. The zero-order chi connectivity index (χ0) is 12.0. The molecule has 0 bridgehead atoms. The average molecular weight is 221 g/mol. The van der Waals surface area contributed by atoms with Crippen molar-refractivity contribution < 1.29 is 9.84 Å². The van der Waals surface area contributed by atoms with E-state index < -0.39 is 0 Å². The molecule has 1 rings (SSSR count). The summed E-state index contributed by atoms with van der Waals surface area (Å²) in [6.45, 7) is 1.92. The molecule has 5 nitrogen and oxygen atoms in total. The molecular formula is C11H15N3O2. The predicted octanol–water partition coefficient (Wildman–Crippen LogP) is 2.74. The number of ether oxygens (including phenoxy) is 1. The molecule has 86 valence electrons. The van der Waals surface area contributed by atoms with Crippen LogP contribution in [0.15, 0.2) is 23.3 Å². The Labute approximate surface area is 94.3 Å². The second kappa shape index (κ2) is 6.00. The van der Waals surface area contributed by atoms with E-state index in [9.17, 15) is 0 Å². The molecule has 1 aromatic rings. The SMILES string of the molecule is COc1ccc(C(CCO)N=[N+]=[N-])c(C)c1. The number of benzene rings is 1. The molecule has 1 N–H and O–H groups in total. The minimum absolute atomic E-state index is 0.00481. The maximum absolute atomic E-state index is 8.91. The van der Waals surface area contributed by atoms with Gasteiger partial charge in [-0.15, -0.1) is 0 Å². The molecule has 0 fully saturated rings. The van der Waals surface area contributed by atoms with Gasteiger partial charge in [0.05, 0.1) is 13.2 Å². The zero-order valence-corrected chi connectivity index (χ0v) is 9.42. The first-order valence-electron chi connectivity index (χ1n) is 5.02. The molecule has 1 atom stereocenters. The number of hydrogen-bond donors (Lipinski definition) is 1. The summed E-state index contributed by atoms with van der Waals surface area (Å²) in [6, 6.07) is 5.25. The van der Waals surface area contributed by atoms with Crippen LogP contribution < -0.4 is 4.74 Å². The molecule has 0 amide bonds. The number of hydrogen-bond acceptors (Lipinski definition) is 3. The Kier molecular flexibility index (Phi) is 4.64. The van der Waals surface area contributed by atoms with Crippen LogP contribution in [0.4, 0.5) is 0 Å². The topological polar surface area (TPSA) is 78.2 Å². The molecule has 5 heteroatoms.